The Balaban J connectivity index is 0.000000202. The van der Waals surface area contributed by atoms with Gasteiger partial charge in [0.05, 0.1) is 0 Å². The average molecular weight is 905 g/mol. The van der Waals surface area contributed by atoms with E-state index in [1.165, 1.54) is 22.3 Å². The maximum absolute atomic E-state index is 6.21. The van der Waals surface area contributed by atoms with Gasteiger partial charge in [0.1, 0.15) is 46.0 Å². The van der Waals surface area contributed by atoms with E-state index in [2.05, 4.69) is 118 Å². The molecule has 0 aliphatic carbocycles. The predicted molar refractivity (Wildman–Crippen MR) is 282 cm³/mol. The van der Waals surface area contributed by atoms with E-state index in [0.717, 1.165) is 102 Å². The minimum absolute atomic E-state index is 0.186. The first-order chi connectivity index (χ1) is 32.3. The smallest absolute Gasteiger partial charge is 0.133 e. The van der Waals surface area contributed by atoms with Gasteiger partial charge in [-0.1, -0.05) is 76.2 Å². The van der Waals surface area contributed by atoms with Crippen molar-refractivity contribution in [3.8, 4) is 46.0 Å². The fraction of sp³-hybridized carbons (Fsp3) is 0.200. The van der Waals surface area contributed by atoms with Gasteiger partial charge in [-0.05, 0) is 206 Å². The van der Waals surface area contributed by atoms with E-state index in [1.807, 2.05) is 109 Å². The number of anilines is 4. The predicted octanol–water partition coefficient (Wildman–Crippen LogP) is 15.4. The standard InChI is InChI=1S/C31H34N2O2.C29H30N2O2/c1-19-15-23(16-20(2)29(19)34-27-11-7-25(32)8-12-27)31(5,6)24-17-21(3)30(22(4)18-24)35-28-13-9-26(33)10-14-28;1-19-17-22(18-20(2)28(19)33-27-15-9-24(31)10-16-27)29(3,4)21-5-11-25(12-6-21)32-26-13-7-23(30)8-14-26/h7-18H,32-33H2,1-6H3;5-18H,30-31H2,1-4H3. The van der Waals surface area contributed by atoms with Crippen molar-refractivity contribution in [2.75, 3.05) is 22.9 Å². The quantitative estimate of drug-likeness (QED) is 0.0888. The number of benzene rings is 8. The van der Waals surface area contributed by atoms with Crippen LogP contribution < -0.4 is 41.9 Å². The van der Waals surface area contributed by atoms with E-state index in [1.54, 1.807) is 0 Å². The minimum atomic E-state index is -0.204. The molecule has 8 heteroatoms. The monoisotopic (exact) mass is 904 g/mol. The van der Waals surface area contributed by atoms with E-state index < -0.39 is 0 Å². The van der Waals surface area contributed by atoms with E-state index in [-0.39, 0.29) is 10.8 Å². The minimum Gasteiger partial charge on any atom is -0.457 e. The molecule has 0 amide bonds. The van der Waals surface area contributed by atoms with Gasteiger partial charge in [0, 0.05) is 33.6 Å². The molecule has 0 heterocycles. The van der Waals surface area contributed by atoms with Crippen molar-refractivity contribution in [2.24, 2.45) is 0 Å². The highest BCUT2D eigenvalue weighted by molar-refractivity contribution is 5.56. The number of nitrogen functional groups attached to an aromatic ring is 4. The summed E-state index contributed by atoms with van der Waals surface area (Å²) in [5, 5.41) is 0. The third kappa shape index (κ3) is 11.2. The van der Waals surface area contributed by atoms with Gasteiger partial charge in [0.15, 0.2) is 0 Å². The van der Waals surface area contributed by atoms with Gasteiger partial charge in [-0.3, -0.25) is 0 Å². The fourth-order valence-corrected chi connectivity index (χ4v) is 8.32. The van der Waals surface area contributed by atoms with Gasteiger partial charge in [0.2, 0.25) is 0 Å². The molecule has 8 rings (SSSR count). The average Bonchev–Trinajstić information content (AvgIpc) is 3.30. The Kier molecular flexibility index (Phi) is 14.1. The van der Waals surface area contributed by atoms with Gasteiger partial charge in [-0.2, -0.15) is 0 Å². The third-order valence-corrected chi connectivity index (χ3v) is 12.5. The van der Waals surface area contributed by atoms with Gasteiger partial charge < -0.3 is 41.9 Å². The van der Waals surface area contributed by atoms with Crippen LogP contribution in [0.3, 0.4) is 0 Å². The van der Waals surface area contributed by atoms with E-state index in [9.17, 15) is 0 Å². The first kappa shape index (κ1) is 48.1. The molecule has 0 unspecified atom stereocenters. The summed E-state index contributed by atoms with van der Waals surface area (Å²) in [6.07, 6.45) is 0. The molecule has 0 spiro atoms. The van der Waals surface area contributed by atoms with Crippen LogP contribution in [-0.4, -0.2) is 0 Å². The van der Waals surface area contributed by atoms with Crippen molar-refractivity contribution in [3.05, 3.63) is 213 Å². The molecular formula is C60H64N4O4. The second-order valence-corrected chi connectivity index (χ2v) is 18.8. The lowest BCUT2D eigenvalue weighted by Gasteiger charge is -2.29. The van der Waals surface area contributed by atoms with Gasteiger partial charge >= 0.3 is 0 Å². The Morgan fingerprint density at radius 3 is 0.691 bits per heavy atom. The zero-order chi connectivity index (χ0) is 48.9. The molecule has 8 aromatic rings. The maximum Gasteiger partial charge on any atom is 0.133 e. The van der Waals surface area contributed by atoms with E-state index in [0.29, 0.717) is 0 Å². The van der Waals surface area contributed by atoms with Crippen LogP contribution in [0.2, 0.25) is 0 Å². The molecule has 8 aromatic carbocycles. The van der Waals surface area contributed by atoms with Crippen molar-refractivity contribution in [3.63, 3.8) is 0 Å². The third-order valence-electron chi connectivity index (χ3n) is 12.5. The molecule has 348 valence electrons. The van der Waals surface area contributed by atoms with Crippen molar-refractivity contribution < 1.29 is 18.9 Å². The van der Waals surface area contributed by atoms with Crippen LogP contribution in [0.15, 0.2) is 158 Å². The summed E-state index contributed by atoms with van der Waals surface area (Å²) in [5.41, 5.74) is 37.1. The molecule has 8 N–H and O–H groups in total. The molecule has 0 radical (unpaired) electrons. The highest BCUT2D eigenvalue weighted by Gasteiger charge is 2.27. The molecule has 0 saturated carbocycles. The molecule has 0 saturated heterocycles. The van der Waals surface area contributed by atoms with Crippen LogP contribution in [0.4, 0.5) is 22.7 Å². The van der Waals surface area contributed by atoms with Gasteiger partial charge in [-0.15, -0.1) is 0 Å². The fourth-order valence-electron chi connectivity index (χ4n) is 8.32. The summed E-state index contributed by atoms with van der Waals surface area (Å²) in [6.45, 7) is 21.5. The molecule has 0 aliphatic heterocycles. The second kappa shape index (κ2) is 19.9. The first-order valence-corrected chi connectivity index (χ1v) is 22.9. The topological polar surface area (TPSA) is 141 Å². The normalized spacial score (nSPS) is 11.3. The zero-order valence-corrected chi connectivity index (χ0v) is 41.0. The summed E-state index contributed by atoms with van der Waals surface area (Å²) in [7, 11) is 0. The Labute approximate surface area is 402 Å². The maximum atomic E-state index is 6.21. The molecule has 0 atom stereocenters. The zero-order valence-electron chi connectivity index (χ0n) is 41.0. The lowest BCUT2D eigenvalue weighted by molar-refractivity contribution is 0.473. The SMILES string of the molecule is Cc1cc(C(C)(C)c2cc(C)c(Oc3ccc(N)cc3)c(C)c2)cc(C)c1Oc1ccc(N)cc1.Cc1cc(C(C)(C)c2ccc(Oc3ccc(N)cc3)cc2)cc(C)c1Oc1ccc(N)cc1. The largest absolute Gasteiger partial charge is 0.457 e. The van der Waals surface area contributed by atoms with Crippen LogP contribution in [0.1, 0.15) is 83.3 Å². The van der Waals surface area contributed by atoms with Gasteiger partial charge in [0.25, 0.3) is 0 Å². The Hall–Kier alpha value is -7.84. The van der Waals surface area contributed by atoms with Crippen LogP contribution in [0, 0.1) is 41.5 Å². The van der Waals surface area contributed by atoms with Crippen molar-refractivity contribution in [1.29, 1.82) is 0 Å². The van der Waals surface area contributed by atoms with E-state index in [4.69, 9.17) is 41.9 Å². The van der Waals surface area contributed by atoms with Crippen molar-refractivity contribution in [2.45, 2.75) is 80.1 Å². The summed E-state index contributed by atoms with van der Waals surface area (Å²) in [4.78, 5) is 0. The number of hydrogen-bond acceptors (Lipinski definition) is 8. The van der Waals surface area contributed by atoms with Crippen LogP contribution in [-0.2, 0) is 10.8 Å². The molecule has 0 aromatic heterocycles. The second-order valence-electron chi connectivity index (χ2n) is 18.8. The summed E-state index contributed by atoms with van der Waals surface area (Å²) in [5.74, 6) is 6.53. The van der Waals surface area contributed by atoms with Crippen LogP contribution in [0.5, 0.6) is 46.0 Å². The van der Waals surface area contributed by atoms with Crippen molar-refractivity contribution >= 4 is 22.7 Å². The first-order valence-electron chi connectivity index (χ1n) is 22.9. The number of nitrogens with two attached hydrogens (primary N) is 4. The Morgan fingerprint density at radius 2 is 0.456 bits per heavy atom. The van der Waals surface area contributed by atoms with Crippen LogP contribution >= 0.6 is 0 Å². The number of hydrogen-bond donors (Lipinski definition) is 4. The molecule has 0 bridgehead atoms. The van der Waals surface area contributed by atoms with Crippen molar-refractivity contribution in [1.82, 2.24) is 0 Å². The lowest BCUT2D eigenvalue weighted by Crippen LogP contribution is -2.20. The van der Waals surface area contributed by atoms with Gasteiger partial charge in [-0.25, -0.2) is 0 Å². The highest BCUT2D eigenvalue weighted by atomic mass is 16.5. The Bertz CT molecular complexity index is 2840. The van der Waals surface area contributed by atoms with Crippen LogP contribution in [0.25, 0.3) is 0 Å². The number of aryl methyl sites for hydroxylation is 6. The molecule has 68 heavy (non-hydrogen) atoms. The molecule has 0 fully saturated rings. The summed E-state index contributed by atoms with van der Waals surface area (Å²) < 4.78 is 24.5. The summed E-state index contributed by atoms with van der Waals surface area (Å²) >= 11 is 0. The lowest BCUT2D eigenvalue weighted by atomic mass is 9.76. The number of rotatable bonds is 12. The molecule has 0 aliphatic rings. The molecule has 8 nitrogen and oxygen atoms in total. The highest BCUT2D eigenvalue weighted by Crippen LogP contribution is 2.42. The van der Waals surface area contributed by atoms with E-state index >= 15 is 0 Å². The molecular weight excluding hydrogens is 841 g/mol. The number of ether oxygens (including phenoxy) is 4. The Morgan fingerprint density at radius 1 is 0.265 bits per heavy atom. The summed E-state index contributed by atoms with van der Waals surface area (Å²) in [6, 6.07) is 51.4.